The molecule has 2 aromatic rings. The first-order valence-electron chi connectivity index (χ1n) is 10.2. The van der Waals surface area contributed by atoms with Crippen molar-refractivity contribution in [3.8, 4) is 0 Å². The van der Waals surface area contributed by atoms with Gasteiger partial charge in [-0.1, -0.05) is 65.8 Å². The highest BCUT2D eigenvalue weighted by molar-refractivity contribution is 5.98. The van der Waals surface area contributed by atoms with E-state index >= 15 is 0 Å². The van der Waals surface area contributed by atoms with Crippen LogP contribution in [0.5, 0.6) is 0 Å². The summed E-state index contributed by atoms with van der Waals surface area (Å²) in [6.07, 6.45) is 0.832. The average molecular weight is 394 g/mol. The van der Waals surface area contributed by atoms with Crippen molar-refractivity contribution in [2.24, 2.45) is 0 Å². The maximum Gasteiger partial charge on any atom is 0.338 e. The number of nitrogens with zero attached hydrogens (tertiary/aromatic N) is 1. The van der Waals surface area contributed by atoms with Crippen LogP contribution in [-0.2, 0) is 26.8 Å². The third-order valence-electron chi connectivity index (χ3n) is 5.42. The summed E-state index contributed by atoms with van der Waals surface area (Å²) >= 11 is 0. The Bertz CT molecular complexity index is 900. The molecule has 0 fully saturated rings. The molecule has 0 bridgehead atoms. The van der Waals surface area contributed by atoms with E-state index in [9.17, 15) is 9.59 Å². The Balaban J connectivity index is 1.76. The van der Waals surface area contributed by atoms with Crippen molar-refractivity contribution < 1.29 is 14.3 Å². The molecule has 0 radical (unpaired) electrons. The smallest absolute Gasteiger partial charge is 0.338 e. The molecule has 0 saturated heterocycles. The molecule has 3 rings (SSSR count). The van der Waals surface area contributed by atoms with Crippen molar-refractivity contribution >= 4 is 17.6 Å². The molecule has 29 heavy (non-hydrogen) atoms. The Kier molecular flexibility index (Phi) is 5.57. The fourth-order valence-corrected chi connectivity index (χ4v) is 3.50. The first-order valence-corrected chi connectivity index (χ1v) is 10.2. The quantitative estimate of drug-likeness (QED) is 0.687. The number of carbonyl (C=O) groups excluding carboxylic acids is 2. The largest absolute Gasteiger partial charge is 0.452 e. The second kappa shape index (κ2) is 7.66. The molecule has 4 heteroatoms. The summed E-state index contributed by atoms with van der Waals surface area (Å²) in [5.74, 6) is -0.645. The minimum absolute atomic E-state index is 0.0919. The lowest BCUT2D eigenvalue weighted by Gasteiger charge is -2.26. The standard InChI is InChI=1S/C25H31NO3/c1-24(2,3)19-13-18(14-20(15-19)25(4,5)6)23(28)29-16-22(27)26-12-11-17-9-7-8-10-21(17)26/h7-10,13-15H,11-12,16H2,1-6H3. The van der Waals surface area contributed by atoms with Crippen LogP contribution in [-0.4, -0.2) is 25.0 Å². The van der Waals surface area contributed by atoms with Crippen molar-refractivity contribution in [3.05, 3.63) is 64.7 Å². The van der Waals surface area contributed by atoms with E-state index in [1.807, 2.05) is 36.4 Å². The van der Waals surface area contributed by atoms with Gasteiger partial charge in [-0.3, -0.25) is 4.79 Å². The first-order chi connectivity index (χ1) is 13.5. The van der Waals surface area contributed by atoms with Crippen molar-refractivity contribution in [1.82, 2.24) is 0 Å². The molecule has 4 nitrogen and oxygen atoms in total. The van der Waals surface area contributed by atoms with Gasteiger partial charge in [-0.15, -0.1) is 0 Å². The van der Waals surface area contributed by atoms with Crippen molar-refractivity contribution in [3.63, 3.8) is 0 Å². The third kappa shape index (κ3) is 4.69. The zero-order valence-electron chi connectivity index (χ0n) is 18.3. The number of hydrogen-bond acceptors (Lipinski definition) is 3. The van der Waals surface area contributed by atoms with Crippen LogP contribution in [0.15, 0.2) is 42.5 Å². The number of fused-ring (bicyclic) bond motifs is 1. The second-order valence-corrected chi connectivity index (χ2v) is 9.80. The van der Waals surface area contributed by atoms with Gasteiger partial charge in [-0.2, -0.15) is 0 Å². The second-order valence-electron chi connectivity index (χ2n) is 9.80. The van der Waals surface area contributed by atoms with Crippen LogP contribution in [0.3, 0.4) is 0 Å². The number of carbonyl (C=O) groups is 2. The molecule has 0 aromatic heterocycles. The van der Waals surface area contributed by atoms with Gasteiger partial charge in [0.25, 0.3) is 5.91 Å². The number of hydrogen-bond donors (Lipinski definition) is 0. The van der Waals surface area contributed by atoms with Crippen LogP contribution in [0, 0.1) is 0 Å². The van der Waals surface area contributed by atoms with E-state index in [2.05, 4.69) is 47.6 Å². The summed E-state index contributed by atoms with van der Waals surface area (Å²) in [6, 6.07) is 13.8. The molecule has 0 aliphatic carbocycles. The Morgan fingerprint density at radius 3 is 2.10 bits per heavy atom. The first kappa shape index (κ1) is 21.1. The number of anilines is 1. The lowest BCUT2D eigenvalue weighted by Crippen LogP contribution is -2.33. The number of rotatable bonds is 3. The van der Waals surface area contributed by atoms with Crippen molar-refractivity contribution in [2.45, 2.75) is 58.8 Å². The van der Waals surface area contributed by atoms with Crippen molar-refractivity contribution in [1.29, 1.82) is 0 Å². The van der Waals surface area contributed by atoms with Gasteiger partial charge in [0, 0.05) is 12.2 Å². The van der Waals surface area contributed by atoms with E-state index in [-0.39, 0.29) is 23.3 Å². The topological polar surface area (TPSA) is 46.6 Å². The van der Waals surface area contributed by atoms with Gasteiger partial charge < -0.3 is 9.64 Å². The molecule has 0 atom stereocenters. The van der Waals surface area contributed by atoms with E-state index in [0.717, 1.165) is 28.8 Å². The predicted molar refractivity (Wildman–Crippen MR) is 117 cm³/mol. The number of amides is 1. The fourth-order valence-electron chi connectivity index (χ4n) is 3.50. The molecule has 0 N–H and O–H groups in total. The van der Waals surface area contributed by atoms with Gasteiger partial charge >= 0.3 is 5.97 Å². The number of para-hydroxylation sites is 1. The van der Waals surface area contributed by atoms with E-state index in [4.69, 9.17) is 4.74 Å². The minimum atomic E-state index is -0.456. The average Bonchev–Trinajstić information content (AvgIpc) is 3.08. The Labute approximate surface area is 173 Å². The Hall–Kier alpha value is -2.62. The normalized spacial score (nSPS) is 13.9. The van der Waals surface area contributed by atoms with E-state index < -0.39 is 5.97 Å². The molecular weight excluding hydrogens is 362 g/mol. The summed E-state index contributed by atoms with van der Waals surface area (Å²) in [5.41, 5.74) is 4.54. The number of benzene rings is 2. The molecule has 0 unspecified atom stereocenters. The van der Waals surface area contributed by atoms with Gasteiger partial charge in [0.1, 0.15) is 0 Å². The van der Waals surface area contributed by atoms with Crippen LogP contribution < -0.4 is 4.90 Å². The van der Waals surface area contributed by atoms with Gasteiger partial charge in [-0.05, 0) is 52.1 Å². The minimum Gasteiger partial charge on any atom is -0.452 e. The lowest BCUT2D eigenvalue weighted by atomic mass is 9.79. The SMILES string of the molecule is CC(C)(C)c1cc(C(=O)OCC(=O)N2CCc3ccccc32)cc(C(C)(C)C)c1. The summed E-state index contributed by atoms with van der Waals surface area (Å²) in [4.78, 5) is 27.1. The van der Waals surface area contributed by atoms with E-state index in [1.165, 1.54) is 0 Å². The van der Waals surface area contributed by atoms with Crippen LogP contribution in [0.1, 0.15) is 68.6 Å². The zero-order chi connectivity index (χ0) is 21.4. The summed E-state index contributed by atoms with van der Waals surface area (Å²) in [6.45, 7) is 13.1. The molecule has 1 amide bonds. The highest BCUT2D eigenvalue weighted by atomic mass is 16.5. The van der Waals surface area contributed by atoms with Crippen LogP contribution in [0.2, 0.25) is 0 Å². The molecule has 1 aliphatic rings. The number of ether oxygens (including phenoxy) is 1. The molecule has 1 aliphatic heterocycles. The Morgan fingerprint density at radius 2 is 1.52 bits per heavy atom. The van der Waals surface area contributed by atoms with Crippen molar-refractivity contribution in [2.75, 3.05) is 18.1 Å². The van der Waals surface area contributed by atoms with Gasteiger partial charge in [-0.25, -0.2) is 4.79 Å². The van der Waals surface area contributed by atoms with Gasteiger partial charge in [0.05, 0.1) is 5.56 Å². The monoisotopic (exact) mass is 393 g/mol. The lowest BCUT2D eigenvalue weighted by molar-refractivity contribution is -0.121. The number of esters is 1. The highest BCUT2D eigenvalue weighted by Crippen LogP contribution is 2.31. The van der Waals surface area contributed by atoms with Crippen LogP contribution in [0.25, 0.3) is 0 Å². The maximum absolute atomic E-state index is 12.8. The van der Waals surface area contributed by atoms with E-state index in [1.54, 1.807) is 4.90 Å². The maximum atomic E-state index is 12.8. The van der Waals surface area contributed by atoms with Gasteiger partial charge in [0.2, 0.25) is 0 Å². The fraction of sp³-hybridized carbons (Fsp3) is 0.440. The summed E-state index contributed by atoms with van der Waals surface area (Å²) < 4.78 is 5.42. The zero-order valence-corrected chi connectivity index (χ0v) is 18.3. The molecule has 1 heterocycles. The highest BCUT2D eigenvalue weighted by Gasteiger charge is 2.26. The Morgan fingerprint density at radius 1 is 0.931 bits per heavy atom. The molecular formula is C25H31NO3. The van der Waals surface area contributed by atoms with Gasteiger partial charge in [0.15, 0.2) is 6.61 Å². The molecule has 0 saturated carbocycles. The summed E-state index contributed by atoms with van der Waals surface area (Å²) in [5, 5.41) is 0. The third-order valence-corrected chi connectivity index (χ3v) is 5.42. The molecule has 0 spiro atoms. The summed E-state index contributed by atoms with van der Waals surface area (Å²) in [7, 11) is 0. The molecule has 154 valence electrons. The molecule has 2 aromatic carbocycles. The predicted octanol–water partition coefficient (Wildman–Crippen LogP) is 5.03. The van der Waals surface area contributed by atoms with Crippen LogP contribution in [0.4, 0.5) is 5.69 Å². The van der Waals surface area contributed by atoms with E-state index in [0.29, 0.717) is 12.1 Å². The van der Waals surface area contributed by atoms with Crippen LogP contribution >= 0.6 is 0 Å².